The predicted molar refractivity (Wildman–Crippen MR) is 70.9 cm³/mol. The summed E-state index contributed by atoms with van der Waals surface area (Å²) in [5, 5.41) is 94.4. The fourth-order valence-corrected chi connectivity index (χ4v) is 1.14. The predicted octanol–water partition coefficient (Wildman–Crippen LogP) is -6.44. The highest BCUT2D eigenvalue weighted by Crippen LogP contribution is 2.04. The van der Waals surface area contributed by atoms with Crippen molar-refractivity contribution in [3.8, 4) is 0 Å². The molecule has 12 heteroatoms. The van der Waals surface area contributed by atoms with Crippen LogP contribution in [0.2, 0.25) is 0 Å². The Bertz CT molecular complexity index is 303. The Morgan fingerprint density at radius 3 is 1.17 bits per heavy atom. The highest BCUT2D eigenvalue weighted by atomic mass is 16.4. The number of hydrogen-bond acceptors (Lipinski definition) is 11. The molecule has 0 amide bonds. The lowest BCUT2D eigenvalue weighted by atomic mass is 10.0. The number of carboxylic acid groups (broad SMARTS) is 1. The number of hydrogen-bond donors (Lipinski definition) is 11. The summed E-state index contributed by atoms with van der Waals surface area (Å²) in [5.74, 6) is -1.73. The van der Waals surface area contributed by atoms with Crippen LogP contribution in [0.5, 0.6) is 0 Å². The van der Waals surface area contributed by atoms with Crippen molar-refractivity contribution in [3.63, 3.8) is 0 Å². The summed E-state index contributed by atoms with van der Waals surface area (Å²) < 4.78 is 0. The van der Waals surface area contributed by atoms with Gasteiger partial charge in [-0.1, -0.05) is 0 Å². The lowest BCUT2D eigenvalue weighted by Crippen LogP contribution is -2.48. The average molecular weight is 348 g/mol. The molecule has 0 aliphatic carbocycles. The van der Waals surface area contributed by atoms with Crippen LogP contribution < -0.4 is 0 Å². The second kappa shape index (κ2) is 12.5. The molecule has 0 radical (unpaired) electrons. The molecule has 0 saturated carbocycles. The van der Waals surface area contributed by atoms with Gasteiger partial charge in [0.1, 0.15) is 36.6 Å². The van der Waals surface area contributed by atoms with Crippen molar-refractivity contribution in [1.29, 1.82) is 0 Å². The third kappa shape index (κ3) is 9.07. The van der Waals surface area contributed by atoms with Gasteiger partial charge in [-0.25, -0.2) is 4.79 Å². The Morgan fingerprint density at radius 1 is 0.609 bits per heavy atom. The lowest BCUT2D eigenvalue weighted by Gasteiger charge is -2.23. The summed E-state index contributed by atoms with van der Waals surface area (Å²) in [4.78, 5) is 10.1. The molecule has 0 aromatic carbocycles. The molecule has 23 heavy (non-hydrogen) atoms. The summed E-state index contributed by atoms with van der Waals surface area (Å²) in [6.45, 7) is -2.12. The van der Waals surface area contributed by atoms with Crippen LogP contribution in [-0.4, -0.2) is 125 Å². The van der Waals surface area contributed by atoms with E-state index in [1.807, 2.05) is 0 Å². The average Bonchev–Trinajstić information content (AvgIpc) is 2.56. The van der Waals surface area contributed by atoms with Gasteiger partial charge in [0.2, 0.25) is 0 Å². The van der Waals surface area contributed by atoms with E-state index in [0.717, 1.165) is 0 Å². The monoisotopic (exact) mass is 348 g/mol. The van der Waals surface area contributed by atoms with E-state index >= 15 is 0 Å². The summed E-state index contributed by atoms with van der Waals surface area (Å²) in [5.41, 5.74) is 0. The molecular weight excluding hydrogens is 324 g/mol. The summed E-state index contributed by atoms with van der Waals surface area (Å²) >= 11 is 0. The second-order valence-electron chi connectivity index (χ2n) is 4.50. The van der Waals surface area contributed by atoms with Crippen molar-refractivity contribution in [1.82, 2.24) is 0 Å². The van der Waals surface area contributed by atoms with Crippen LogP contribution in [0.4, 0.5) is 0 Å². The zero-order valence-electron chi connectivity index (χ0n) is 12.0. The minimum Gasteiger partial charge on any atom is -0.479 e. The van der Waals surface area contributed by atoms with Crippen molar-refractivity contribution in [2.24, 2.45) is 0 Å². The first kappa shape index (κ1) is 24.3. The molecule has 0 heterocycles. The normalized spacial score (nSPS) is 20.3. The van der Waals surface area contributed by atoms with Crippen molar-refractivity contribution in [2.75, 3.05) is 19.8 Å². The Hall–Kier alpha value is -0.930. The maximum Gasteiger partial charge on any atom is 0.335 e. The van der Waals surface area contributed by atoms with E-state index in [0.29, 0.717) is 0 Å². The van der Waals surface area contributed by atoms with Crippen LogP contribution in [0.15, 0.2) is 0 Å². The van der Waals surface area contributed by atoms with Crippen LogP contribution in [0.25, 0.3) is 0 Å². The largest absolute Gasteiger partial charge is 0.479 e. The highest BCUT2D eigenvalue weighted by Gasteiger charge is 2.33. The van der Waals surface area contributed by atoms with E-state index < -0.39 is 68.5 Å². The van der Waals surface area contributed by atoms with Gasteiger partial charge in [0, 0.05) is 0 Å². The van der Waals surface area contributed by atoms with Crippen molar-refractivity contribution in [2.45, 2.75) is 42.7 Å². The quantitative estimate of drug-likeness (QED) is 0.186. The van der Waals surface area contributed by atoms with Crippen LogP contribution in [0.1, 0.15) is 0 Å². The standard InChI is InChI=1S/C6H12O7.C5H12O5/c7-1-2(8)3(9)4(10)5(11)6(12)13;6-1-3(8)5(10)4(9)2-7/h2-5,7-11H,1H2,(H,12,13);3-10H,1-2H2/t2-,3-,4+,5-;3-,4+,5?/m1./s1. The minimum atomic E-state index is -2.20. The van der Waals surface area contributed by atoms with E-state index in [2.05, 4.69) is 0 Å². The van der Waals surface area contributed by atoms with E-state index in [1.54, 1.807) is 0 Å². The molecule has 7 atom stereocenters. The van der Waals surface area contributed by atoms with Crippen LogP contribution >= 0.6 is 0 Å². The molecule has 0 aromatic heterocycles. The molecule has 0 rings (SSSR count). The Kier molecular flexibility index (Phi) is 13.2. The molecule has 0 aliphatic rings. The fraction of sp³-hybridized carbons (Fsp3) is 0.909. The first-order chi connectivity index (χ1) is 10.5. The zero-order chi connectivity index (χ0) is 18.7. The van der Waals surface area contributed by atoms with Gasteiger partial charge in [0.05, 0.1) is 19.8 Å². The van der Waals surface area contributed by atoms with E-state index in [-0.39, 0.29) is 0 Å². The van der Waals surface area contributed by atoms with E-state index in [9.17, 15) is 4.79 Å². The van der Waals surface area contributed by atoms with E-state index in [4.69, 9.17) is 56.2 Å². The molecule has 0 bridgehead atoms. The molecule has 0 aromatic rings. The van der Waals surface area contributed by atoms with Crippen LogP contribution in [-0.2, 0) is 4.79 Å². The van der Waals surface area contributed by atoms with Crippen LogP contribution in [0.3, 0.4) is 0 Å². The Morgan fingerprint density at radius 2 is 0.913 bits per heavy atom. The van der Waals surface area contributed by atoms with Gasteiger partial charge in [0.25, 0.3) is 0 Å². The molecule has 0 saturated heterocycles. The summed E-state index contributed by atoms with van der Waals surface area (Å²) in [7, 11) is 0. The van der Waals surface area contributed by atoms with Gasteiger partial charge >= 0.3 is 5.97 Å². The van der Waals surface area contributed by atoms with Gasteiger partial charge in [-0.15, -0.1) is 0 Å². The molecule has 140 valence electrons. The highest BCUT2D eigenvalue weighted by molar-refractivity contribution is 5.72. The number of carboxylic acids is 1. The third-order valence-corrected chi connectivity index (χ3v) is 2.67. The second-order valence-corrected chi connectivity index (χ2v) is 4.50. The number of aliphatic hydroxyl groups excluding tert-OH is 10. The molecule has 1 unspecified atom stereocenters. The molecular formula is C11H24O12. The Balaban J connectivity index is 0. The topological polar surface area (TPSA) is 240 Å². The number of carbonyl (C=O) groups is 1. The maximum absolute atomic E-state index is 10.1. The van der Waals surface area contributed by atoms with Gasteiger partial charge in [-0.05, 0) is 0 Å². The van der Waals surface area contributed by atoms with Gasteiger partial charge in [0.15, 0.2) is 6.10 Å². The van der Waals surface area contributed by atoms with Crippen molar-refractivity contribution >= 4 is 5.97 Å². The maximum atomic E-state index is 10.1. The van der Waals surface area contributed by atoms with Gasteiger partial charge in [-0.3, -0.25) is 0 Å². The van der Waals surface area contributed by atoms with E-state index in [1.165, 1.54) is 0 Å². The van der Waals surface area contributed by atoms with Gasteiger partial charge in [-0.2, -0.15) is 0 Å². The first-order valence-corrected chi connectivity index (χ1v) is 6.36. The number of aliphatic hydroxyl groups is 10. The molecule has 0 spiro atoms. The van der Waals surface area contributed by atoms with Crippen molar-refractivity contribution in [3.05, 3.63) is 0 Å². The molecule has 0 aliphatic heterocycles. The van der Waals surface area contributed by atoms with Gasteiger partial charge < -0.3 is 56.2 Å². The lowest BCUT2D eigenvalue weighted by molar-refractivity contribution is -0.164. The number of aliphatic carboxylic acids is 1. The van der Waals surface area contributed by atoms with Crippen molar-refractivity contribution < 1.29 is 61.0 Å². The zero-order valence-corrected chi connectivity index (χ0v) is 12.0. The SMILES string of the molecule is O=C(O)[C@H](O)[C@@H](O)[C@H](O)[C@H](O)CO.OC[C@@H](O)C(O)[C@@H](O)CO. The minimum absolute atomic E-state index is 0.641. The summed E-state index contributed by atoms with van der Waals surface area (Å²) in [6.07, 6.45) is -12.1. The fourth-order valence-electron chi connectivity index (χ4n) is 1.14. The molecule has 0 fully saturated rings. The number of rotatable bonds is 9. The molecule has 12 nitrogen and oxygen atoms in total. The first-order valence-electron chi connectivity index (χ1n) is 6.36. The Labute approximate surface area is 130 Å². The summed E-state index contributed by atoms with van der Waals surface area (Å²) in [6, 6.07) is 0. The smallest absolute Gasteiger partial charge is 0.335 e. The third-order valence-electron chi connectivity index (χ3n) is 2.67. The van der Waals surface area contributed by atoms with Crippen LogP contribution in [0, 0.1) is 0 Å². The molecule has 11 N–H and O–H groups in total.